The van der Waals surface area contributed by atoms with Crippen molar-refractivity contribution in [3.8, 4) is 11.3 Å². The normalized spacial score (nSPS) is 24.6. The lowest BCUT2D eigenvalue weighted by Gasteiger charge is -2.28. The van der Waals surface area contributed by atoms with Gasteiger partial charge in [-0.3, -0.25) is 4.79 Å². The lowest BCUT2D eigenvalue weighted by atomic mass is 10.1. The summed E-state index contributed by atoms with van der Waals surface area (Å²) in [5.74, 6) is 0.535. The highest BCUT2D eigenvalue weighted by atomic mass is 16.5. The summed E-state index contributed by atoms with van der Waals surface area (Å²) in [5.41, 5.74) is 1.63. The van der Waals surface area contributed by atoms with Crippen molar-refractivity contribution >= 4 is 5.91 Å². The van der Waals surface area contributed by atoms with Gasteiger partial charge in [-0.15, -0.1) is 0 Å². The van der Waals surface area contributed by atoms with E-state index in [1.807, 2.05) is 35.2 Å². The summed E-state index contributed by atoms with van der Waals surface area (Å²) in [6.07, 6.45) is 0. The second kappa shape index (κ2) is 6.37. The second-order valence-corrected chi connectivity index (χ2v) is 6.68. The van der Waals surface area contributed by atoms with Crippen LogP contribution in [0.25, 0.3) is 11.3 Å². The number of hydrogen-bond donors (Lipinski definition) is 0. The fraction of sp³-hybridized carbons (Fsp3) is 0.444. The van der Waals surface area contributed by atoms with E-state index in [9.17, 15) is 4.79 Å². The van der Waals surface area contributed by atoms with Gasteiger partial charge in [0.15, 0.2) is 0 Å². The first-order valence-electron chi connectivity index (χ1n) is 8.30. The van der Waals surface area contributed by atoms with E-state index in [1.165, 1.54) is 0 Å². The Bertz CT molecular complexity index is 715. The molecule has 0 unspecified atom stereocenters. The van der Waals surface area contributed by atoms with Crippen molar-refractivity contribution in [1.29, 1.82) is 0 Å². The molecule has 2 bridgehead atoms. The van der Waals surface area contributed by atoms with Crippen molar-refractivity contribution in [1.82, 2.24) is 15.0 Å². The van der Waals surface area contributed by atoms with Crippen LogP contribution in [0.1, 0.15) is 10.6 Å². The number of carbonyl (C=O) groups is 1. The van der Waals surface area contributed by atoms with Crippen LogP contribution in [-0.2, 0) is 4.74 Å². The first-order chi connectivity index (χ1) is 11.7. The molecule has 24 heavy (non-hydrogen) atoms. The van der Waals surface area contributed by atoms with E-state index in [0.717, 1.165) is 18.7 Å². The van der Waals surface area contributed by atoms with Gasteiger partial charge in [-0.25, -0.2) is 0 Å². The van der Waals surface area contributed by atoms with E-state index >= 15 is 0 Å². The van der Waals surface area contributed by atoms with Gasteiger partial charge in [-0.05, 0) is 7.05 Å². The van der Waals surface area contributed by atoms with Gasteiger partial charge in [0.2, 0.25) is 5.76 Å². The van der Waals surface area contributed by atoms with Gasteiger partial charge in [-0.1, -0.05) is 35.5 Å². The summed E-state index contributed by atoms with van der Waals surface area (Å²) >= 11 is 0. The second-order valence-electron chi connectivity index (χ2n) is 6.68. The Kier molecular flexibility index (Phi) is 4.08. The zero-order valence-corrected chi connectivity index (χ0v) is 13.7. The predicted molar refractivity (Wildman–Crippen MR) is 88.6 cm³/mol. The molecule has 4 rings (SSSR count). The number of ether oxygens (including phenoxy) is 1. The molecule has 1 aromatic heterocycles. The Morgan fingerprint density at radius 1 is 1.17 bits per heavy atom. The average molecular weight is 327 g/mol. The summed E-state index contributed by atoms with van der Waals surface area (Å²) in [4.78, 5) is 17.1. The molecule has 2 aliphatic heterocycles. The number of benzene rings is 1. The first-order valence-corrected chi connectivity index (χ1v) is 8.30. The van der Waals surface area contributed by atoms with E-state index in [0.29, 0.717) is 37.1 Å². The molecule has 2 fully saturated rings. The third kappa shape index (κ3) is 2.95. The number of likely N-dealkylation sites (N-methyl/N-ethyl adjacent to an activating group) is 1. The molecule has 2 aromatic rings. The highest BCUT2D eigenvalue weighted by molar-refractivity contribution is 5.92. The Morgan fingerprint density at radius 3 is 2.83 bits per heavy atom. The largest absolute Gasteiger partial charge is 0.379 e. The molecule has 6 nitrogen and oxygen atoms in total. The van der Waals surface area contributed by atoms with Crippen molar-refractivity contribution in [3.63, 3.8) is 0 Å². The SMILES string of the molecule is CN1C[C@@H]2COC[C@H](C1)N(C(=O)c1cc(-c3ccccc3)no1)C2. The molecule has 0 radical (unpaired) electrons. The fourth-order valence-electron chi connectivity index (χ4n) is 3.59. The maximum absolute atomic E-state index is 13.0. The number of fused-ring (bicyclic) bond motifs is 3. The van der Waals surface area contributed by atoms with Crippen LogP contribution in [0.4, 0.5) is 0 Å². The van der Waals surface area contributed by atoms with Crippen LogP contribution < -0.4 is 0 Å². The van der Waals surface area contributed by atoms with Gasteiger partial charge in [0.05, 0.1) is 19.3 Å². The van der Waals surface area contributed by atoms with Crippen LogP contribution >= 0.6 is 0 Å². The molecule has 0 spiro atoms. The van der Waals surface area contributed by atoms with Crippen LogP contribution in [0.3, 0.4) is 0 Å². The number of amides is 1. The molecule has 126 valence electrons. The van der Waals surface area contributed by atoms with Crippen LogP contribution in [0.15, 0.2) is 40.9 Å². The van der Waals surface area contributed by atoms with Gasteiger partial charge in [0.1, 0.15) is 5.69 Å². The quantitative estimate of drug-likeness (QED) is 0.841. The molecular formula is C18H21N3O3. The summed E-state index contributed by atoms with van der Waals surface area (Å²) < 4.78 is 11.1. The Labute approximate surface area is 141 Å². The topological polar surface area (TPSA) is 58.8 Å². The first kappa shape index (κ1) is 15.4. The van der Waals surface area contributed by atoms with Crippen LogP contribution in [0.5, 0.6) is 0 Å². The number of aromatic nitrogens is 1. The molecule has 2 saturated heterocycles. The monoisotopic (exact) mass is 327 g/mol. The van der Waals surface area contributed by atoms with Gasteiger partial charge in [-0.2, -0.15) is 0 Å². The minimum absolute atomic E-state index is 0.0558. The minimum atomic E-state index is -0.0968. The van der Waals surface area contributed by atoms with Crippen molar-refractivity contribution in [3.05, 3.63) is 42.2 Å². The molecule has 2 aliphatic rings. The predicted octanol–water partition coefficient (Wildman–Crippen LogP) is 1.74. The molecule has 0 aliphatic carbocycles. The summed E-state index contributed by atoms with van der Waals surface area (Å²) in [6, 6.07) is 11.5. The molecule has 0 saturated carbocycles. The molecule has 0 N–H and O–H groups in total. The fourth-order valence-corrected chi connectivity index (χ4v) is 3.59. The molecule has 6 heteroatoms. The Morgan fingerprint density at radius 2 is 2.00 bits per heavy atom. The molecule has 1 aromatic carbocycles. The van der Waals surface area contributed by atoms with E-state index in [-0.39, 0.29) is 11.9 Å². The third-order valence-electron chi connectivity index (χ3n) is 4.70. The van der Waals surface area contributed by atoms with E-state index < -0.39 is 0 Å². The lowest BCUT2D eigenvalue weighted by molar-refractivity contribution is 0.0461. The molecule has 2 atom stereocenters. The standard InChI is InChI=1S/C18H21N3O3/c1-20-8-13-9-21(15(10-20)12-23-11-13)18(22)17-7-16(19-24-17)14-5-3-2-4-6-14/h2-7,13,15H,8-12H2,1H3/t13-,15-/m0/s1. The smallest absolute Gasteiger partial charge is 0.292 e. The maximum Gasteiger partial charge on any atom is 0.292 e. The maximum atomic E-state index is 13.0. The van der Waals surface area contributed by atoms with Gasteiger partial charge >= 0.3 is 0 Å². The van der Waals surface area contributed by atoms with E-state index in [1.54, 1.807) is 6.07 Å². The van der Waals surface area contributed by atoms with Crippen molar-refractivity contribution in [2.75, 3.05) is 39.9 Å². The summed E-state index contributed by atoms with van der Waals surface area (Å²) in [5, 5.41) is 4.06. The van der Waals surface area contributed by atoms with Gasteiger partial charge in [0, 0.05) is 37.2 Å². The van der Waals surface area contributed by atoms with Crippen LogP contribution in [0.2, 0.25) is 0 Å². The Hall–Kier alpha value is -2.18. The zero-order valence-electron chi connectivity index (χ0n) is 13.7. The van der Waals surface area contributed by atoms with Gasteiger partial charge in [0.25, 0.3) is 5.91 Å². The Balaban J connectivity index is 1.58. The van der Waals surface area contributed by atoms with Crippen LogP contribution in [-0.4, -0.2) is 66.8 Å². The van der Waals surface area contributed by atoms with Crippen LogP contribution in [0, 0.1) is 5.92 Å². The van der Waals surface area contributed by atoms with E-state index in [4.69, 9.17) is 9.26 Å². The number of nitrogens with zero attached hydrogens (tertiary/aromatic N) is 3. The molecular weight excluding hydrogens is 306 g/mol. The summed E-state index contributed by atoms with van der Waals surface area (Å²) in [6.45, 7) is 3.76. The van der Waals surface area contributed by atoms with Crippen molar-refractivity contribution in [2.45, 2.75) is 6.04 Å². The number of carbonyl (C=O) groups excluding carboxylic acids is 1. The van der Waals surface area contributed by atoms with E-state index in [2.05, 4.69) is 17.1 Å². The zero-order chi connectivity index (χ0) is 16.5. The number of hydrogen-bond acceptors (Lipinski definition) is 5. The lowest BCUT2D eigenvalue weighted by Crippen LogP contribution is -2.45. The molecule has 3 heterocycles. The average Bonchev–Trinajstić information content (AvgIpc) is 2.92. The van der Waals surface area contributed by atoms with Crippen molar-refractivity contribution in [2.24, 2.45) is 5.92 Å². The van der Waals surface area contributed by atoms with Gasteiger partial charge < -0.3 is 19.1 Å². The minimum Gasteiger partial charge on any atom is -0.379 e. The highest BCUT2D eigenvalue weighted by Gasteiger charge is 2.36. The third-order valence-corrected chi connectivity index (χ3v) is 4.70. The number of rotatable bonds is 2. The highest BCUT2D eigenvalue weighted by Crippen LogP contribution is 2.23. The molecule has 1 amide bonds. The van der Waals surface area contributed by atoms with Crippen molar-refractivity contribution < 1.29 is 14.1 Å². The summed E-state index contributed by atoms with van der Waals surface area (Å²) in [7, 11) is 2.10.